The van der Waals surface area contributed by atoms with Crippen LogP contribution in [0, 0.1) is 16.7 Å². The summed E-state index contributed by atoms with van der Waals surface area (Å²) in [4.78, 5) is 51.6. The normalized spacial score (nSPS) is 24.3. The summed E-state index contributed by atoms with van der Waals surface area (Å²) in [5.74, 6) is -1.02. The first-order valence-corrected chi connectivity index (χ1v) is 11.0. The Kier molecular flexibility index (Phi) is 6.53. The van der Waals surface area contributed by atoms with Crippen LogP contribution in [0.3, 0.4) is 0 Å². The monoisotopic (exact) mass is 428 g/mol. The van der Waals surface area contributed by atoms with Crippen molar-refractivity contribution >= 4 is 29.4 Å². The van der Waals surface area contributed by atoms with E-state index in [0.29, 0.717) is 24.3 Å². The molecule has 2 fully saturated rings. The summed E-state index contributed by atoms with van der Waals surface area (Å²) in [7, 11) is 0. The zero-order valence-corrected chi connectivity index (χ0v) is 18.8. The molecule has 2 aliphatic rings. The number of amides is 3. The molecule has 7 heteroatoms. The van der Waals surface area contributed by atoms with Gasteiger partial charge in [0.1, 0.15) is 0 Å². The number of hydrogen-bond donors (Lipinski definition) is 1. The van der Waals surface area contributed by atoms with E-state index in [1.54, 1.807) is 24.3 Å². The van der Waals surface area contributed by atoms with Gasteiger partial charge in [-0.1, -0.05) is 33.8 Å². The number of fused-ring (bicyclic) bond motifs is 2. The maximum atomic E-state index is 13.0. The molecule has 3 amide bonds. The molecular weight excluding hydrogens is 396 g/mol. The predicted octanol–water partition coefficient (Wildman–Crippen LogP) is 3.78. The first-order chi connectivity index (χ1) is 14.6. The van der Waals surface area contributed by atoms with Crippen LogP contribution >= 0.6 is 0 Å². The molecule has 2 unspecified atom stereocenters. The molecule has 168 valence electrons. The lowest BCUT2D eigenvalue weighted by Crippen LogP contribution is -2.59. The van der Waals surface area contributed by atoms with E-state index in [1.165, 1.54) is 4.90 Å². The molecule has 31 heavy (non-hydrogen) atoms. The van der Waals surface area contributed by atoms with Crippen molar-refractivity contribution in [2.75, 3.05) is 18.5 Å². The van der Waals surface area contributed by atoms with Crippen molar-refractivity contribution in [2.24, 2.45) is 16.7 Å². The summed E-state index contributed by atoms with van der Waals surface area (Å²) < 4.78 is 5.11. The van der Waals surface area contributed by atoms with E-state index >= 15 is 0 Å². The number of nitrogens with one attached hydrogen (secondary N) is 1. The van der Waals surface area contributed by atoms with Gasteiger partial charge in [-0.05, 0) is 49.3 Å². The molecule has 1 aliphatic heterocycles. The molecule has 0 aromatic heterocycles. The van der Waals surface area contributed by atoms with Crippen molar-refractivity contribution in [1.29, 1.82) is 0 Å². The Labute approximate surface area is 183 Å². The van der Waals surface area contributed by atoms with Gasteiger partial charge in [0, 0.05) is 24.6 Å². The van der Waals surface area contributed by atoms with Crippen molar-refractivity contribution < 1.29 is 23.9 Å². The third-order valence-corrected chi connectivity index (χ3v) is 7.11. The van der Waals surface area contributed by atoms with Gasteiger partial charge in [-0.3, -0.25) is 19.3 Å². The summed E-state index contributed by atoms with van der Waals surface area (Å²) in [6.45, 7) is 8.49. The fraction of sp³-hybridized carbons (Fsp3) is 0.583. The van der Waals surface area contributed by atoms with Crippen LogP contribution in [0.1, 0.15) is 70.2 Å². The SMILES string of the molecule is CCCOC(=O)c1cccc(NC(=O)CCCN2C(=O)C3CCC(C)(C2=O)C3(C)C)c1. The Bertz CT molecular complexity index is 894. The number of ether oxygens (including phenoxy) is 1. The number of carbonyl (C=O) groups excluding carboxylic acids is 4. The second kappa shape index (κ2) is 8.81. The summed E-state index contributed by atoms with van der Waals surface area (Å²) in [6, 6.07) is 6.60. The molecule has 1 aromatic rings. The number of likely N-dealkylation sites (tertiary alicyclic amines) is 1. The van der Waals surface area contributed by atoms with Gasteiger partial charge in [0.2, 0.25) is 17.7 Å². The van der Waals surface area contributed by atoms with Crippen LogP contribution in [-0.4, -0.2) is 41.7 Å². The minimum absolute atomic E-state index is 0.108. The number of hydrogen-bond acceptors (Lipinski definition) is 5. The molecule has 2 atom stereocenters. The number of anilines is 1. The lowest BCUT2D eigenvalue weighted by molar-refractivity contribution is -0.168. The minimum Gasteiger partial charge on any atom is -0.462 e. The second-order valence-electron chi connectivity index (χ2n) is 9.31. The summed E-state index contributed by atoms with van der Waals surface area (Å²) in [5, 5.41) is 2.77. The number of nitrogens with zero attached hydrogens (tertiary/aromatic N) is 1. The highest BCUT2D eigenvalue weighted by Crippen LogP contribution is 2.60. The molecule has 2 bridgehead atoms. The molecule has 1 aromatic carbocycles. The van der Waals surface area contributed by atoms with Crippen molar-refractivity contribution in [3.05, 3.63) is 29.8 Å². The number of imide groups is 1. The third-order valence-electron chi connectivity index (χ3n) is 7.11. The molecule has 7 nitrogen and oxygen atoms in total. The van der Waals surface area contributed by atoms with Crippen LogP contribution < -0.4 is 5.32 Å². The van der Waals surface area contributed by atoms with Crippen LogP contribution in [0.15, 0.2) is 24.3 Å². The quantitative estimate of drug-likeness (QED) is 0.502. The number of rotatable bonds is 8. The average molecular weight is 429 g/mol. The number of piperidine rings is 1. The summed E-state index contributed by atoms with van der Waals surface area (Å²) in [5.41, 5.74) is 0.0226. The van der Waals surface area contributed by atoms with Crippen LogP contribution in [0.4, 0.5) is 5.69 Å². The maximum Gasteiger partial charge on any atom is 0.338 e. The highest BCUT2D eigenvalue weighted by molar-refractivity contribution is 6.04. The van der Waals surface area contributed by atoms with Crippen LogP contribution in [0.5, 0.6) is 0 Å². The van der Waals surface area contributed by atoms with Gasteiger partial charge >= 0.3 is 5.97 Å². The smallest absolute Gasteiger partial charge is 0.338 e. The van der Waals surface area contributed by atoms with Crippen molar-refractivity contribution in [1.82, 2.24) is 4.90 Å². The lowest BCUT2D eigenvalue weighted by Gasteiger charge is -2.47. The fourth-order valence-electron chi connectivity index (χ4n) is 4.74. The predicted molar refractivity (Wildman–Crippen MR) is 116 cm³/mol. The zero-order chi connectivity index (χ0) is 22.8. The highest BCUT2D eigenvalue weighted by Gasteiger charge is 2.64. The van der Waals surface area contributed by atoms with Gasteiger partial charge in [0.25, 0.3) is 0 Å². The third kappa shape index (κ3) is 4.23. The molecular formula is C24H32N2O5. The Hall–Kier alpha value is -2.70. The lowest BCUT2D eigenvalue weighted by atomic mass is 9.62. The van der Waals surface area contributed by atoms with Gasteiger partial charge < -0.3 is 10.1 Å². The molecule has 3 rings (SSSR count). The van der Waals surface area contributed by atoms with E-state index in [1.807, 2.05) is 27.7 Å². The molecule has 1 N–H and O–H groups in total. The molecule has 0 spiro atoms. The van der Waals surface area contributed by atoms with Gasteiger partial charge in [-0.2, -0.15) is 0 Å². The maximum absolute atomic E-state index is 13.0. The Morgan fingerprint density at radius 2 is 1.97 bits per heavy atom. The van der Waals surface area contributed by atoms with E-state index in [4.69, 9.17) is 4.74 Å². The first kappa shape index (κ1) is 23.0. The Morgan fingerprint density at radius 3 is 2.68 bits per heavy atom. The first-order valence-electron chi connectivity index (χ1n) is 11.0. The van der Waals surface area contributed by atoms with Gasteiger partial charge in [0.05, 0.1) is 17.6 Å². The van der Waals surface area contributed by atoms with Crippen molar-refractivity contribution in [2.45, 2.75) is 59.8 Å². The van der Waals surface area contributed by atoms with E-state index in [-0.39, 0.29) is 42.0 Å². The van der Waals surface area contributed by atoms with Crippen LogP contribution in [0.25, 0.3) is 0 Å². The number of esters is 1. The van der Waals surface area contributed by atoms with Gasteiger partial charge in [-0.25, -0.2) is 4.79 Å². The number of carbonyl (C=O) groups is 4. The molecule has 1 heterocycles. The molecule has 0 radical (unpaired) electrons. The van der Waals surface area contributed by atoms with Crippen molar-refractivity contribution in [3.63, 3.8) is 0 Å². The van der Waals surface area contributed by atoms with E-state index in [2.05, 4.69) is 5.32 Å². The van der Waals surface area contributed by atoms with E-state index < -0.39 is 11.4 Å². The standard InChI is InChI=1S/C24H32N2O5/c1-5-14-31-21(29)16-8-6-9-17(15-16)25-19(27)10-7-13-26-20(28)18-11-12-24(4,22(26)30)23(18,2)3/h6,8-9,15,18H,5,7,10-14H2,1-4H3,(H,25,27). The fourth-order valence-corrected chi connectivity index (χ4v) is 4.74. The molecule has 1 saturated carbocycles. The Morgan fingerprint density at radius 1 is 1.23 bits per heavy atom. The van der Waals surface area contributed by atoms with E-state index in [9.17, 15) is 19.2 Å². The molecule has 1 saturated heterocycles. The largest absolute Gasteiger partial charge is 0.462 e. The van der Waals surface area contributed by atoms with Crippen molar-refractivity contribution in [3.8, 4) is 0 Å². The summed E-state index contributed by atoms with van der Waals surface area (Å²) in [6.07, 6.45) is 2.77. The van der Waals surface area contributed by atoms with Gasteiger partial charge in [-0.15, -0.1) is 0 Å². The minimum atomic E-state index is -0.527. The highest BCUT2D eigenvalue weighted by atomic mass is 16.5. The molecule has 1 aliphatic carbocycles. The van der Waals surface area contributed by atoms with Gasteiger partial charge in [0.15, 0.2) is 0 Å². The zero-order valence-electron chi connectivity index (χ0n) is 18.8. The van der Waals surface area contributed by atoms with Crippen LogP contribution in [-0.2, 0) is 19.1 Å². The summed E-state index contributed by atoms with van der Waals surface area (Å²) >= 11 is 0. The average Bonchev–Trinajstić information content (AvgIpc) is 2.92. The topological polar surface area (TPSA) is 92.8 Å². The van der Waals surface area contributed by atoms with E-state index in [0.717, 1.165) is 19.3 Å². The number of benzene rings is 1. The Balaban J connectivity index is 1.54. The second-order valence-corrected chi connectivity index (χ2v) is 9.31. The van der Waals surface area contributed by atoms with Crippen LogP contribution in [0.2, 0.25) is 0 Å².